The van der Waals surface area contributed by atoms with Crippen LogP contribution in [0.25, 0.3) is 0 Å². The van der Waals surface area contributed by atoms with Crippen LogP contribution in [0.4, 0.5) is 4.79 Å². The number of benzene rings is 2. The van der Waals surface area contributed by atoms with Gasteiger partial charge in [0.15, 0.2) is 0 Å². The second-order valence-corrected chi connectivity index (χ2v) is 8.73. The molecule has 0 N–H and O–H groups in total. The van der Waals surface area contributed by atoms with Crippen molar-refractivity contribution in [3.63, 3.8) is 0 Å². The number of sulfonamides is 1. The van der Waals surface area contributed by atoms with E-state index < -0.39 is 16.1 Å². The van der Waals surface area contributed by atoms with Gasteiger partial charge in [-0.25, -0.2) is 17.5 Å². The Balaban J connectivity index is 1.98. The molecule has 0 unspecified atom stereocenters. The summed E-state index contributed by atoms with van der Waals surface area (Å²) in [7, 11) is -3.97. The lowest BCUT2D eigenvalue weighted by Crippen LogP contribution is -2.44. The van der Waals surface area contributed by atoms with Gasteiger partial charge in [0.05, 0.1) is 11.4 Å². The fourth-order valence-electron chi connectivity index (χ4n) is 2.96. The van der Waals surface area contributed by atoms with Crippen molar-refractivity contribution >= 4 is 27.7 Å². The summed E-state index contributed by atoms with van der Waals surface area (Å²) in [6.45, 7) is 2.99. The quantitative estimate of drug-likeness (QED) is 0.788. The lowest BCUT2D eigenvalue weighted by Gasteiger charge is -2.27. The minimum atomic E-state index is -3.97. The number of aryl methyl sites for hydroxylation is 1. The van der Waals surface area contributed by atoms with Crippen molar-refractivity contribution in [2.45, 2.75) is 31.2 Å². The van der Waals surface area contributed by atoms with Crippen LogP contribution in [0.3, 0.4) is 0 Å². The summed E-state index contributed by atoms with van der Waals surface area (Å²) in [6, 6.07) is 12.9. The van der Waals surface area contributed by atoms with E-state index in [-0.39, 0.29) is 11.4 Å². The van der Waals surface area contributed by atoms with Gasteiger partial charge in [0, 0.05) is 18.1 Å². The number of likely N-dealkylation sites (tertiary alicyclic amines) is 1. The predicted molar refractivity (Wildman–Crippen MR) is 102 cm³/mol. The van der Waals surface area contributed by atoms with Crippen molar-refractivity contribution < 1.29 is 13.2 Å². The molecule has 2 amide bonds. The maximum absolute atomic E-state index is 13.2. The van der Waals surface area contributed by atoms with Gasteiger partial charge in [-0.15, -0.1) is 0 Å². The van der Waals surface area contributed by atoms with Crippen LogP contribution < -0.4 is 0 Å². The maximum atomic E-state index is 13.2. The first-order valence-corrected chi connectivity index (χ1v) is 10.3. The van der Waals surface area contributed by atoms with E-state index in [2.05, 4.69) is 0 Å². The van der Waals surface area contributed by atoms with E-state index in [1.807, 2.05) is 6.92 Å². The number of hydrogen-bond donors (Lipinski definition) is 0. The van der Waals surface area contributed by atoms with Gasteiger partial charge in [-0.1, -0.05) is 41.4 Å². The molecule has 0 spiro atoms. The number of carbonyl (C=O) groups is 1. The molecule has 0 radical (unpaired) electrons. The molecule has 5 nitrogen and oxygen atoms in total. The monoisotopic (exact) mass is 392 g/mol. The molecular formula is C19H21ClN2O3S. The van der Waals surface area contributed by atoms with Crippen LogP contribution in [-0.4, -0.2) is 36.7 Å². The molecule has 7 heteroatoms. The highest BCUT2D eigenvalue weighted by Crippen LogP contribution is 2.23. The summed E-state index contributed by atoms with van der Waals surface area (Å²) >= 11 is 6.02. The zero-order valence-corrected chi connectivity index (χ0v) is 16.1. The van der Waals surface area contributed by atoms with E-state index in [1.54, 1.807) is 41.3 Å². The molecule has 0 atom stereocenters. The molecule has 0 aliphatic carbocycles. The molecule has 1 aliphatic heterocycles. The first-order valence-electron chi connectivity index (χ1n) is 8.51. The Labute approximate surface area is 159 Å². The Kier molecular flexibility index (Phi) is 5.53. The number of carbonyl (C=O) groups excluding carboxylic acids is 1. The predicted octanol–water partition coefficient (Wildman–Crippen LogP) is 4.06. The lowest BCUT2D eigenvalue weighted by atomic mass is 10.2. The summed E-state index contributed by atoms with van der Waals surface area (Å²) in [5.74, 6) is 0. The second kappa shape index (κ2) is 7.68. The van der Waals surface area contributed by atoms with Crippen molar-refractivity contribution in [2.24, 2.45) is 0 Å². The molecule has 0 bridgehead atoms. The topological polar surface area (TPSA) is 57.7 Å². The largest absolute Gasteiger partial charge is 0.334 e. The summed E-state index contributed by atoms with van der Waals surface area (Å²) in [5.41, 5.74) is 1.62. The van der Waals surface area contributed by atoms with E-state index in [9.17, 15) is 13.2 Å². The van der Waals surface area contributed by atoms with E-state index >= 15 is 0 Å². The Hall–Kier alpha value is -2.05. The van der Waals surface area contributed by atoms with E-state index in [4.69, 9.17) is 11.6 Å². The molecule has 1 aliphatic rings. The van der Waals surface area contributed by atoms with Gasteiger partial charge in [0.2, 0.25) is 0 Å². The van der Waals surface area contributed by atoms with E-state index in [0.717, 1.165) is 22.7 Å². The Morgan fingerprint density at radius 1 is 1.12 bits per heavy atom. The molecule has 0 saturated carbocycles. The first-order chi connectivity index (χ1) is 12.4. The Morgan fingerprint density at radius 2 is 1.77 bits per heavy atom. The molecule has 3 rings (SSSR count). The molecule has 1 saturated heterocycles. The second-order valence-electron chi connectivity index (χ2n) is 6.43. The van der Waals surface area contributed by atoms with Crippen molar-refractivity contribution in [3.8, 4) is 0 Å². The summed E-state index contributed by atoms with van der Waals surface area (Å²) in [6.07, 6.45) is 1.78. The van der Waals surface area contributed by atoms with Crippen molar-refractivity contribution in [1.82, 2.24) is 9.21 Å². The highest BCUT2D eigenvalue weighted by atomic mass is 35.5. The molecule has 1 heterocycles. The third-order valence-electron chi connectivity index (χ3n) is 4.41. The van der Waals surface area contributed by atoms with Crippen molar-refractivity contribution in [3.05, 3.63) is 64.7 Å². The normalized spacial score (nSPS) is 14.5. The van der Waals surface area contributed by atoms with Gasteiger partial charge >= 0.3 is 6.03 Å². The van der Waals surface area contributed by atoms with Crippen LogP contribution in [0.15, 0.2) is 53.4 Å². The van der Waals surface area contributed by atoms with Gasteiger partial charge in [-0.2, -0.15) is 0 Å². The van der Waals surface area contributed by atoms with Crippen LogP contribution in [0.5, 0.6) is 0 Å². The number of nitrogens with zero attached hydrogens (tertiary/aromatic N) is 2. The van der Waals surface area contributed by atoms with Gasteiger partial charge < -0.3 is 4.90 Å². The summed E-state index contributed by atoms with van der Waals surface area (Å²) in [4.78, 5) is 14.7. The average molecular weight is 393 g/mol. The number of urea groups is 1. The SMILES string of the molecule is Cc1ccc(S(=O)(=O)N(Cc2cccc(Cl)c2)C(=O)N2CCCC2)cc1. The number of hydrogen-bond acceptors (Lipinski definition) is 3. The van der Waals surface area contributed by atoms with Crippen LogP contribution in [0, 0.1) is 6.92 Å². The minimum absolute atomic E-state index is 0.0495. The van der Waals surface area contributed by atoms with Crippen LogP contribution in [-0.2, 0) is 16.6 Å². The number of rotatable bonds is 4. The van der Waals surface area contributed by atoms with Crippen LogP contribution in [0.1, 0.15) is 24.0 Å². The Bertz CT molecular complexity index is 891. The zero-order valence-electron chi connectivity index (χ0n) is 14.6. The fraction of sp³-hybridized carbons (Fsp3) is 0.316. The molecule has 2 aromatic rings. The Morgan fingerprint density at radius 3 is 2.38 bits per heavy atom. The van der Waals surface area contributed by atoms with Gasteiger partial charge in [0.1, 0.15) is 0 Å². The first kappa shape index (κ1) is 18.7. The smallest absolute Gasteiger partial charge is 0.324 e. The third-order valence-corrected chi connectivity index (χ3v) is 6.38. The van der Waals surface area contributed by atoms with Gasteiger partial charge in [-0.3, -0.25) is 0 Å². The standard InChI is InChI=1S/C19H21ClN2O3S/c1-15-7-9-18(10-8-15)26(24,25)22(19(23)21-11-2-3-12-21)14-16-5-4-6-17(20)13-16/h4-10,13H,2-3,11-12,14H2,1H3. The number of amides is 2. The molecule has 138 valence electrons. The minimum Gasteiger partial charge on any atom is -0.324 e. The maximum Gasteiger partial charge on any atom is 0.334 e. The summed E-state index contributed by atoms with van der Waals surface area (Å²) < 4.78 is 27.3. The summed E-state index contributed by atoms with van der Waals surface area (Å²) in [5, 5.41) is 0.504. The molecule has 26 heavy (non-hydrogen) atoms. The molecule has 0 aromatic heterocycles. The lowest BCUT2D eigenvalue weighted by molar-refractivity contribution is 0.187. The van der Waals surface area contributed by atoms with E-state index in [0.29, 0.717) is 23.7 Å². The molecule has 2 aromatic carbocycles. The van der Waals surface area contributed by atoms with Crippen molar-refractivity contribution in [1.29, 1.82) is 0 Å². The van der Waals surface area contributed by atoms with Crippen LogP contribution >= 0.6 is 11.6 Å². The fourth-order valence-corrected chi connectivity index (χ4v) is 4.55. The number of halogens is 1. The average Bonchev–Trinajstić information content (AvgIpc) is 3.14. The van der Waals surface area contributed by atoms with Crippen molar-refractivity contribution in [2.75, 3.05) is 13.1 Å². The van der Waals surface area contributed by atoms with Crippen LogP contribution in [0.2, 0.25) is 5.02 Å². The van der Waals surface area contributed by atoms with Gasteiger partial charge in [0.25, 0.3) is 10.0 Å². The molecule has 1 fully saturated rings. The van der Waals surface area contributed by atoms with E-state index in [1.165, 1.54) is 12.1 Å². The third kappa shape index (κ3) is 4.02. The highest BCUT2D eigenvalue weighted by molar-refractivity contribution is 7.89. The zero-order chi connectivity index (χ0) is 18.7. The highest BCUT2D eigenvalue weighted by Gasteiger charge is 2.33. The molecular weight excluding hydrogens is 372 g/mol. The van der Waals surface area contributed by atoms with Gasteiger partial charge in [-0.05, 0) is 49.6 Å².